The molecular formula is C70H77Cl2Si5Zr-3. The summed E-state index contributed by atoms with van der Waals surface area (Å²) in [6, 6.07) is 73.7. The molecule has 1 aliphatic rings. The fraction of sp³-hybridized carbons (Fsp3) is 0.229. The summed E-state index contributed by atoms with van der Waals surface area (Å²) in [6.45, 7) is 34.2. The molecule has 0 aliphatic carbocycles. The number of halogens is 2. The van der Waals surface area contributed by atoms with Gasteiger partial charge in [0.1, 0.15) is 0 Å². The summed E-state index contributed by atoms with van der Waals surface area (Å²) in [5, 5.41) is 14.6. The van der Waals surface area contributed by atoms with Crippen molar-refractivity contribution in [3.05, 3.63) is 205 Å². The molecule has 0 bridgehead atoms. The van der Waals surface area contributed by atoms with Crippen LogP contribution in [0.15, 0.2) is 188 Å². The van der Waals surface area contributed by atoms with Crippen LogP contribution in [0.2, 0.25) is 78.6 Å². The van der Waals surface area contributed by atoms with Gasteiger partial charge in [0.2, 0.25) is 0 Å². The Kier molecular flexibility index (Phi) is 19.2. The molecule has 2 radical (unpaired) electrons. The van der Waals surface area contributed by atoms with Gasteiger partial charge in [-0.25, -0.2) is 0 Å². The second-order valence-electron chi connectivity index (χ2n) is 24.9. The Labute approximate surface area is 494 Å². The fourth-order valence-corrected chi connectivity index (χ4v) is 16.8. The van der Waals surface area contributed by atoms with Gasteiger partial charge in [-0.15, -0.1) is 74.6 Å². The monoisotopic (exact) mass is 1220 g/mol. The van der Waals surface area contributed by atoms with Crippen molar-refractivity contribution >= 4 is 112 Å². The maximum atomic E-state index is 4.93. The first-order chi connectivity index (χ1) is 37.0. The summed E-state index contributed by atoms with van der Waals surface area (Å²) in [6.07, 6.45) is 2.10. The molecule has 0 nitrogen and oxygen atoms in total. The zero-order valence-electron chi connectivity index (χ0n) is 48.6. The number of rotatable bonds is 10. The standard InChI is InChI=1S/2C29H35Si2.C12H7Si.2ClH.Zr/c2*1-8-21-14-15-23-16-24(22-12-10-9-11-13-22)19-28(23)29(21)25-17-26(30(2,3)4)20-27(18-25)31(5,6)7;1-3-7-11-9(5-1)10-6-2-4-8-12(10)13-11;;;/h2*9-20H,8H2,1-7H3;1-7H;2*1H;/q3*-1;;;+2/p-2. The van der Waals surface area contributed by atoms with E-state index in [1.165, 1.54) is 98.7 Å². The van der Waals surface area contributed by atoms with E-state index in [9.17, 15) is 0 Å². The minimum atomic E-state index is -1.43. The maximum absolute atomic E-state index is 4.93. The molecule has 0 fully saturated rings. The van der Waals surface area contributed by atoms with Gasteiger partial charge in [-0.3, -0.25) is 0 Å². The van der Waals surface area contributed by atoms with Crippen molar-refractivity contribution in [2.24, 2.45) is 0 Å². The topological polar surface area (TPSA) is 0 Å². The Morgan fingerprint density at radius 3 is 1.18 bits per heavy atom. The average Bonchev–Trinajstić information content (AvgIpc) is 4.22. The second-order valence-corrected chi connectivity index (χ2v) is 50.3. The largest absolute Gasteiger partial charge is 0.184 e. The molecule has 11 rings (SSSR count). The van der Waals surface area contributed by atoms with E-state index in [-0.39, 0.29) is 0 Å². The molecule has 1 aliphatic heterocycles. The van der Waals surface area contributed by atoms with Gasteiger partial charge in [-0.2, -0.15) is 29.5 Å². The van der Waals surface area contributed by atoms with Gasteiger partial charge in [0, 0.05) is 0 Å². The molecule has 0 aromatic heterocycles. The predicted octanol–water partition coefficient (Wildman–Crippen LogP) is 17.6. The molecule has 0 saturated heterocycles. The third-order valence-corrected chi connectivity index (χ3v) is 24.6. The van der Waals surface area contributed by atoms with Crippen LogP contribution in [-0.2, 0) is 33.7 Å². The molecule has 0 atom stereocenters. The Morgan fingerprint density at radius 1 is 0.423 bits per heavy atom. The molecule has 10 aromatic rings. The Hall–Kier alpha value is -4.47. The first-order valence-corrected chi connectivity index (χ1v) is 49.1. The van der Waals surface area contributed by atoms with E-state index in [0.29, 0.717) is 0 Å². The molecular weight excluding hydrogens is 1140 g/mol. The van der Waals surface area contributed by atoms with Crippen LogP contribution >= 0.6 is 17.0 Å². The van der Waals surface area contributed by atoms with Crippen LogP contribution in [0.25, 0.3) is 77.2 Å². The van der Waals surface area contributed by atoms with E-state index in [4.69, 9.17) is 17.0 Å². The van der Waals surface area contributed by atoms with E-state index < -0.39 is 53.1 Å². The predicted molar refractivity (Wildman–Crippen MR) is 359 cm³/mol. The number of hydrogen-bond acceptors (Lipinski definition) is 0. The molecule has 0 spiro atoms. The van der Waals surface area contributed by atoms with Crippen molar-refractivity contribution in [2.45, 2.75) is 105 Å². The number of hydrogen-bond donors (Lipinski definition) is 0. The van der Waals surface area contributed by atoms with Crippen LogP contribution in [0.1, 0.15) is 25.0 Å². The first-order valence-electron chi connectivity index (χ1n) is 27.7. The Bertz CT molecular complexity index is 3350. The third kappa shape index (κ3) is 14.0. The SMILES string of the molecule is CCc1ccc2[cH-]c(-c3ccccc3)cc2c1-c1cc([Si](C)(C)C)cc([Si](C)(C)C)c1.CCc1ccc2[cH-]c(-c3ccccc3)cc2c1-c1cc([Si](C)(C)C)cc([Si](C)(C)C)c1.[Cl][Zr][Cl].[c-]1cccc2c1[Si]c1ccccc1-2. The average molecular weight is 1220 g/mol. The van der Waals surface area contributed by atoms with Gasteiger partial charge in [0.15, 0.2) is 0 Å². The molecule has 1 heterocycles. The van der Waals surface area contributed by atoms with Gasteiger partial charge in [0.05, 0.1) is 41.8 Å². The molecule has 78 heavy (non-hydrogen) atoms. The molecule has 0 saturated carbocycles. The van der Waals surface area contributed by atoms with Crippen molar-refractivity contribution in [3.8, 4) is 55.6 Å². The van der Waals surface area contributed by atoms with Gasteiger partial charge < -0.3 is 0 Å². The maximum Gasteiger partial charge on any atom is 0.0920 e. The Morgan fingerprint density at radius 2 is 0.795 bits per heavy atom. The summed E-state index contributed by atoms with van der Waals surface area (Å²) in [4.78, 5) is 0. The fourth-order valence-electron chi connectivity index (χ4n) is 10.5. The smallest absolute Gasteiger partial charge is 0.0920 e. The van der Waals surface area contributed by atoms with E-state index in [1.54, 1.807) is 20.7 Å². The number of benzene rings is 8. The third-order valence-electron chi connectivity index (χ3n) is 15.2. The minimum absolute atomic E-state index is 0.795. The van der Waals surface area contributed by atoms with Crippen molar-refractivity contribution < 1.29 is 20.8 Å². The van der Waals surface area contributed by atoms with Crippen LogP contribution in [0.3, 0.4) is 0 Å². The quantitative estimate of drug-likeness (QED) is 0.0946. The zero-order valence-corrected chi connectivity index (χ0v) is 57.5. The van der Waals surface area contributed by atoms with Crippen molar-refractivity contribution in [1.82, 2.24) is 0 Å². The van der Waals surface area contributed by atoms with Gasteiger partial charge >= 0.3 is 37.9 Å². The zero-order chi connectivity index (χ0) is 56.2. The van der Waals surface area contributed by atoms with Gasteiger partial charge in [-0.1, -0.05) is 280 Å². The van der Waals surface area contributed by atoms with Crippen LogP contribution in [0.4, 0.5) is 0 Å². The van der Waals surface area contributed by atoms with E-state index in [2.05, 4.69) is 280 Å². The van der Waals surface area contributed by atoms with Crippen LogP contribution < -0.4 is 31.1 Å². The summed E-state index contributed by atoms with van der Waals surface area (Å²) < 4.78 is 0. The molecule has 398 valence electrons. The molecule has 0 unspecified atom stereocenters. The van der Waals surface area contributed by atoms with Crippen LogP contribution in [0.5, 0.6) is 0 Å². The van der Waals surface area contributed by atoms with E-state index in [1.807, 2.05) is 6.07 Å². The summed E-state index contributed by atoms with van der Waals surface area (Å²) in [5.41, 5.74) is 16.6. The van der Waals surface area contributed by atoms with Crippen LogP contribution in [-0.4, -0.2) is 41.8 Å². The van der Waals surface area contributed by atoms with E-state index >= 15 is 0 Å². The van der Waals surface area contributed by atoms with E-state index in [0.717, 1.165) is 22.4 Å². The molecule has 10 aromatic carbocycles. The van der Waals surface area contributed by atoms with Gasteiger partial charge in [-0.05, 0) is 35.1 Å². The first kappa shape index (κ1) is 59.6. The van der Waals surface area contributed by atoms with Crippen molar-refractivity contribution in [1.29, 1.82) is 0 Å². The van der Waals surface area contributed by atoms with Crippen LogP contribution in [0, 0.1) is 6.07 Å². The molecule has 8 heteroatoms. The second kappa shape index (κ2) is 25.1. The number of fused-ring (bicyclic) bond motifs is 5. The van der Waals surface area contributed by atoms with Crippen molar-refractivity contribution in [2.75, 3.05) is 0 Å². The minimum Gasteiger partial charge on any atom is -0.184 e. The molecule has 0 amide bonds. The summed E-state index contributed by atoms with van der Waals surface area (Å²) in [7, 11) is 4.95. The van der Waals surface area contributed by atoms with Gasteiger partial charge in [0.25, 0.3) is 0 Å². The summed E-state index contributed by atoms with van der Waals surface area (Å²) >= 11 is -0.826. The number of aryl methyl sites for hydroxylation is 2. The summed E-state index contributed by atoms with van der Waals surface area (Å²) in [5.74, 6) is 0. The Balaban J connectivity index is 0.000000161. The molecule has 0 N–H and O–H groups in total. The normalized spacial score (nSPS) is 12.2. The van der Waals surface area contributed by atoms with Crippen molar-refractivity contribution in [3.63, 3.8) is 0 Å².